The summed E-state index contributed by atoms with van der Waals surface area (Å²) in [6, 6.07) is 123. The maximum atomic E-state index is 6.83. The first-order valence-corrected chi connectivity index (χ1v) is 33.9. The summed E-state index contributed by atoms with van der Waals surface area (Å²) in [6.07, 6.45) is 0. The number of furan rings is 2. The third-order valence-electron chi connectivity index (χ3n) is 19.9. The summed E-state index contributed by atoms with van der Waals surface area (Å²) in [5.74, 6) is 1.56. The van der Waals surface area contributed by atoms with Gasteiger partial charge in [0, 0.05) is 71.2 Å². The normalized spacial score (nSPS) is 11.8. The molecule has 20 rings (SSSR count). The Morgan fingerprint density at radius 2 is 0.530 bits per heavy atom. The van der Waals surface area contributed by atoms with Crippen molar-refractivity contribution in [2.24, 2.45) is 0 Å². The molecule has 0 N–H and O–H groups in total. The lowest BCUT2D eigenvalue weighted by Gasteiger charge is -2.13. The summed E-state index contributed by atoms with van der Waals surface area (Å²) >= 11 is 0. The molecule has 7 heteroatoms. The van der Waals surface area contributed by atoms with Crippen LogP contribution in [0.4, 0.5) is 0 Å². The van der Waals surface area contributed by atoms with Gasteiger partial charge in [0.05, 0.1) is 22.1 Å². The molecule has 0 aliphatic carbocycles. The minimum Gasteiger partial charge on any atom is -0.456 e. The predicted molar refractivity (Wildman–Crippen MR) is 412 cm³/mol. The molecule has 466 valence electrons. The van der Waals surface area contributed by atoms with Crippen molar-refractivity contribution in [3.8, 4) is 112 Å². The van der Waals surface area contributed by atoms with Gasteiger partial charge >= 0.3 is 0 Å². The molecule has 0 saturated heterocycles. The Kier molecular flexibility index (Phi) is 13.1. The quantitative estimate of drug-likeness (QED) is 0.129. The number of nitrogens with zero attached hydrogens (tertiary/aromatic N) is 5. The molecule has 0 radical (unpaired) electrons. The van der Waals surface area contributed by atoms with Crippen LogP contribution in [0.15, 0.2) is 355 Å². The predicted octanol–water partition coefficient (Wildman–Crippen LogP) is 24.9. The first-order chi connectivity index (χ1) is 49.5. The largest absolute Gasteiger partial charge is 0.456 e. The Bertz CT molecular complexity index is 6580. The summed E-state index contributed by atoms with van der Waals surface area (Å²) in [5.41, 5.74) is 25.7. The van der Waals surface area contributed by atoms with Gasteiger partial charge in [-0.3, -0.25) is 0 Å². The molecule has 15 aromatic carbocycles. The average molecular weight is 1280 g/mol. The van der Waals surface area contributed by atoms with Crippen molar-refractivity contribution in [3.05, 3.63) is 346 Å². The van der Waals surface area contributed by atoms with Crippen molar-refractivity contribution in [2.45, 2.75) is 0 Å². The summed E-state index contributed by atoms with van der Waals surface area (Å²) in [4.78, 5) is 16.7. The molecule has 0 aliphatic rings. The van der Waals surface area contributed by atoms with Gasteiger partial charge in [-0.1, -0.05) is 224 Å². The minimum absolute atomic E-state index is 0.514. The van der Waals surface area contributed by atoms with Crippen LogP contribution in [0.2, 0.25) is 0 Å². The molecule has 0 fully saturated rings. The molecule has 0 amide bonds. The van der Waals surface area contributed by atoms with E-state index in [9.17, 15) is 0 Å². The van der Waals surface area contributed by atoms with Crippen molar-refractivity contribution < 1.29 is 8.83 Å². The maximum absolute atomic E-state index is 6.83. The van der Waals surface area contributed by atoms with Crippen molar-refractivity contribution in [2.75, 3.05) is 0 Å². The Hall–Kier alpha value is -13.5. The number of aromatic nitrogens is 5. The third kappa shape index (κ3) is 9.54. The van der Waals surface area contributed by atoms with E-state index in [0.29, 0.717) is 17.5 Å². The van der Waals surface area contributed by atoms with Crippen LogP contribution in [-0.4, -0.2) is 24.1 Å². The second-order valence-electron chi connectivity index (χ2n) is 25.8. The lowest BCUT2D eigenvalue weighted by atomic mass is 9.93. The molecule has 0 unspecified atom stereocenters. The van der Waals surface area contributed by atoms with E-state index < -0.39 is 0 Å². The van der Waals surface area contributed by atoms with Crippen LogP contribution >= 0.6 is 0 Å². The first-order valence-electron chi connectivity index (χ1n) is 33.9. The van der Waals surface area contributed by atoms with Crippen LogP contribution in [0.1, 0.15) is 0 Å². The monoisotopic (exact) mass is 1280 g/mol. The molecule has 0 saturated carbocycles. The SMILES string of the molecule is c1ccc(-c2cc(-c3ccccc3)cc(-c3cccc(-c4nc(-c5cccc6oc7ccc(-c8ccc9c(c8)c8ccccc8n9-c8ccccc8)cc7c56)nc(-c5cccc6oc7ccc(-c8ccc9c(c8)c8ccccc8n9-c8cccc(-c9ccccc9)c8)cc7c56)n4)c3)c2)cc1. The van der Waals surface area contributed by atoms with Gasteiger partial charge < -0.3 is 18.0 Å². The maximum Gasteiger partial charge on any atom is 0.164 e. The van der Waals surface area contributed by atoms with Gasteiger partial charge in [-0.2, -0.15) is 0 Å². The number of para-hydroxylation sites is 3. The van der Waals surface area contributed by atoms with Crippen molar-refractivity contribution in [3.63, 3.8) is 0 Å². The molecule has 0 spiro atoms. The zero-order valence-electron chi connectivity index (χ0n) is 54.0. The molecule has 20 aromatic rings. The standard InChI is InChI=1S/C93H57N5O2/c1-5-21-58(22-6-1)62-28-18-32-72(53-62)98-82-38-16-14-34-74(82)78-55-64(42-46-84(78)98)66-44-48-86-80(57-66)90-76(36-20-40-88(90)100-86)93-95-91(67-29-17-27-61(49-67)70-51-68(59-23-7-2-8-24-59)50-69(52-70)60-25-9-3-10-26-60)94-92(96-93)75-35-19-39-87-89(75)79-56-65(43-47-85(79)99-87)63-41-45-83-77(54-63)73-33-13-15-37-81(73)97(83)71-30-11-4-12-31-71/h1-57H. The van der Waals surface area contributed by atoms with E-state index in [0.717, 1.165) is 150 Å². The van der Waals surface area contributed by atoms with E-state index in [1.807, 2.05) is 24.3 Å². The molecule has 5 aromatic heterocycles. The van der Waals surface area contributed by atoms with Crippen LogP contribution in [0.5, 0.6) is 0 Å². The third-order valence-corrected chi connectivity index (χ3v) is 19.9. The number of benzene rings is 15. The molecule has 0 atom stereocenters. The van der Waals surface area contributed by atoms with Gasteiger partial charge in [-0.25, -0.2) is 15.0 Å². The Labute approximate surface area is 575 Å². The topological polar surface area (TPSA) is 74.8 Å². The van der Waals surface area contributed by atoms with Crippen LogP contribution in [0.3, 0.4) is 0 Å². The van der Waals surface area contributed by atoms with E-state index in [1.165, 1.54) is 32.7 Å². The molecule has 7 nitrogen and oxygen atoms in total. The Morgan fingerprint density at radius 3 is 1.05 bits per heavy atom. The van der Waals surface area contributed by atoms with Gasteiger partial charge in [0.1, 0.15) is 22.3 Å². The van der Waals surface area contributed by atoms with Crippen molar-refractivity contribution in [1.82, 2.24) is 24.1 Å². The lowest BCUT2D eigenvalue weighted by molar-refractivity contribution is 0.668. The Balaban J connectivity index is 0.755. The van der Waals surface area contributed by atoms with Crippen LogP contribution in [0.25, 0.3) is 200 Å². The Morgan fingerprint density at radius 1 is 0.190 bits per heavy atom. The molecule has 5 heterocycles. The summed E-state index contributed by atoms with van der Waals surface area (Å²) < 4.78 is 18.4. The first kappa shape index (κ1) is 56.8. The molecule has 0 bridgehead atoms. The highest BCUT2D eigenvalue weighted by molar-refractivity contribution is 6.16. The number of fused-ring (bicyclic) bond motifs is 12. The molecular formula is C93H57N5O2. The second kappa shape index (κ2) is 23.1. The number of rotatable bonds is 11. The molecule has 100 heavy (non-hydrogen) atoms. The van der Waals surface area contributed by atoms with Gasteiger partial charge in [-0.15, -0.1) is 0 Å². The van der Waals surface area contributed by atoms with Gasteiger partial charge in [-0.05, 0) is 188 Å². The fourth-order valence-corrected chi connectivity index (χ4v) is 15.3. The fourth-order valence-electron chi connectivity index (χ4n) is 15.3. The fraction of sp³-hybridized carbons (Fsp3) is 0. The van der Waals surface area contributed by atoms with Gasteiger partial charge in [0.25, 0.3) is 0 Å². The lowest BCUT2D eigenvalue weighted by Crippen LogP contribution is -2.01. The highest BCUT2D eigenvalue weighted by atomic mass is 16.3. The summed E-state index contributed by atoms with van der Waals surface area (Å²) in [7, 11) is 0. The molecule has 0 aliphatic heterocycles. The summed E-state index contributed by atoms with van der Waals surface area (Å²) in [6.45, 7) is 0. The zero-order valence-corrected chi connectivity index (χ0v) is 54.0. The van der Waals surface area contributed by atoms with E-state index in [-0.39, 0.29) is 0 Å². The highest BCUT2D eigenvalue weighted by Crippen LogP contribution is 2.45. The van der Waals surface area contributed by atoms with E-state index >= 15 is 0 Å². The number of hydrogen-bond acceptors (Lipinski definition) is 5. The van der Waals surface area contributed by atoms with E-state index in [2.05, 4.69) is 331 Å². The van der Waals surface area contributed by atoms with Crippen molar-refractivity contribution in [1.29, 1.82) is 0 Å². The highest BCUT2D eigenvalue weighted by Gasteiger charge is 2.24. The minimum atomic E-state index is 0.514. The van der Waals surface area contributed by atoms with Crippen LogP contribution in [-0.2, 0) is 0 Å². The van der Waals surface area contributed by atoms with Gasteiger partial charge in [0.2, 0.25) is 0 Å². The van der Waals surface area contributed by atoms with Gasteiger partial charge in [0.15, 0.2) is 17.5 Å². The van der Waals surface area contributed by atoms with E-state index in [4.69, 9.17) is 23.8 Å². The second-order valence-corrected chi connectivity index (χ2v) is 25.8. The number of hydrogen-bond donors (Lipinski definition) is 0. The van der Waals surface area contributed by atoms with Crippen LogP contribution < -0.4 is 0 Å². The van der Waals surface area contributed by atoms with Crippen LogP contribution in [0, 0.1) is 0 Å². The zero-order chi connectivity index (χ0) is 65.8. The smallest absolute Gasteiger partial charge is 0.164 e. The van der Waals surface area contributed by atoms with Crippen molar-refractivity contribution >= 4 is 87.5 Å². The van der Waals surface area contributed by atoms with E-state index in [1.54, 1.807) is 0 Å². The molecular weight excluding hydrogens is 1220 g/mol. The summed E-state index contributed by atoms with van der Waals surface area (Å²) in [5, 5.41) is 8.50. The average Bonchev–Trinajstić information content (AvgIpc) is 1.57.